The summed E-state index contributed by atoms with van der Waals surface area (Å²) in [4.78, 5) is 0. The molecule has 0 bridgehead atoms. The summed E-state index contributed by atoms with van der Waals surface area (Å²) in [6.07, 6.45) is 0.883. The number of methoxy groups -OCH3 is 2. The molecule has 176 valence electrons. The molecular formula is C27H32BrNO4. The Balaban J connectivity index is 1.61. The maximum atomic E-state index is 6.12. The highest BCUT2D eigenvalue weighted by molar-refractivity contribution is 9.10. The average molecular weight is 514 g/mol. The summed E-state index contributed by atoms with van der Waals surface area (Å²) in [5.74, 6) is 2.98. The van der Waals surface area contributed by atoms with Gasteiger partial charge in [-0.05, 0) is 73.3 Å². The highest BCUT2D eigenvalue weighted by Crippen LogP contribution is 2.34. The molecule has 0 saturated heterocycles. The molecule has 0 aliphatic rings. The van der Waals surface area contributed by atoms with Gasteiger partial charge in [-0.15, -0.1) is 0 Å². The van der Waals surface area contributed by atoms with E-state index in [9.17, 15) is 0 Å². The van der Waals surface area contributed by atoms with Gasteiger partial charge in [-0.3, -0.25) is 0 Å². The minimum atomic E-state index is 0.502. The normalized spacial score (nSPS) is 10.7. The Hall–Kier alpha value is -2.70. The van der Waals surface area contributed by atoms with Gasteiger partial charge >= 0.3 is 0 Å². The van der Waals surface area contributed by atoms with Crippen molar-refractivity contribution in [3.63, 3.8) is 0 Å². The van der Waals surface area contributed by atoms with Gasteiger partial charge in [0.2, 0.25) is 0 Å². The van der Waals surface area contributed by atoms with E-state index in [1.165, 1.54) is 11.1 Å². The maximum absolute atomic E-state index is 6.12. The Morgan fingerprint density at radius 1 is 0.818 bits per heavy atom. The highest BCUT2D eigenvalue weighted by Gasteiger charge is 2.12. The van der Waals surface area contributed by atoms with Crippen molar-refractivity contribution in [2.75, 3.05) is 27.4 Å². The molecule has 0 aliphatic carbocycles. The van der Waals surface area contributed by atoms with Crippen LogP contribution in [0.5, 0.6) is 23.0 Å². The van der Waals surface area contributed by atoms with E-state index < -0.39 is 0 Å². The molecule has 3 rings (SSSR count). The first-order valence-corrected chi connectivity index (χ1v) is 11.9. The van der Waals surface area contributed by atoms with E-state index in [1.54, 1.807) is 14.2 Å². The Morgan fingerprint density at radius 3 is 2.30 bits per heavy atom. The van der Waals surface area contributed by atoms with Crippen LogP contribution in [0.4, 0.5) is 0 Å². The Kier molecular flexibility index (Phi) is 9.46. The standard InChI is InChI=1S/C27H32BrNO4/c1-5-32-26-15-22(17-29-13-12-20-10-11-24(30-3)25(14-20)31-4)23(28)16-27(26)33-18-21-9-7-6-8-19(21)2/h6-11,14-16,29H,5,12-13,17-18H2,1-4H3. The van der Waals surface area contributed by atoms with Gasteiger partial charge in [0.15, 0.2) is 23.0 Å². The van der Waals surface area contributed by atoms with Crippen molar-refractivity contribution in [1.82, 2.24) is 5.32 Å². The van der Waals surface area contributed by atoms with Crippen LogP contribution in [0.15, 0.2) is 59.1 Å². The lowest BCUT2D eigenvalue weighted by Crippen LogP contribution is -2.17. The van der Waals surface area contributed by atoms with Gasteiger partial charge in [0, 0.05) is 11.0 Å². The van der Waals surface area contributed by atoms with Crippen LogP contribution in [-0.4, -0.2) is 27.4 Å². The van der Waals surface area contributed by atoms with E-state index in [0.29, 0.717) is 19.8 Å². The van der Waals surface area contributed by atoms with E-state index >= 15 is 0 Å². The lowest BCUT2D eigenvalue weighted by atomic mass is 10.1. The molecule has 0 unspecified atom stereocenters. The van der Waals surface area contributed by atoms with Crippen LogP contribution in [0, 0.1) is 6.92 Å². The molecule has 3 aromatic rings. The fraction of sp³-hybridized carbons (Fsp3) is 0.333. The van der Waals surface area contributed by atoms with Crippen LogP contribution in [0.3, 0.4) is 0 Å². The van der Waals surface area contributed by atoms with E-state index in [0.717, 1.165) is 51.6 Å². The number of aryl methyl sites for hydroxylation is 1. The third kappa shape index (κ3) is 6.89. The number of hydrogen-bond acceptors (Lipinski definition) is 5. The molecule has 0 aliphatic heterocycles. The summed E-state index contributed by atoms with van der Waals surface area (Å²) in [5.41, 5.74) is 4.69. The number of halogens is 1. The Labute approximate surface area is 205 Å². The van der Waals surface area contributed by atoms with Crippen LogP contribution in [0.2, 0.25) is 0 Å². The predicted molar refractivity (Wildman–Crippen MR) is 136 cm³/mol. The van der Waals surface area contributed by atoms with Crippen molar-refractivity contribution in [2.45, 2.75) is 33.4 Å². The van der Waals surface area contributed by atoms with Gasteiger partial charge in [0.1, 0.15) is 6.61 Å². The molecular weight excluding hydrogens is 482 g/mol. The van der Waals surface area contributed by atoms with Crippen molar-refractivity contribution in [3.8, 4) is 23.0 Å². The minimum Gasteiger partial charge on any atom is -0.493 e. The fourth-order valence-electron chi connectivity index (χ4n) is 3.51. The molecule has 0 amide bonds. The average Bonchev–Trinajstić information content (AvgIpc) is 2.83. The zero-order valence-electron chi connectivity index (χ0n) is 19.7. The van der Waals surface area contributed by atoms with Crippen LogP contribution in [-0.2, 0) is 19.6 Å². The smallest absolute Gasteiger partial charge is 0.162 e. The highest BCUT2D eigenvalue weighted by atomic mass is 79.9. The van der Waals surface area contributed by atoms with E-state index in [2.05, 4.69) is 46.4 Å². The van der Waals surface area contributed by atoms with E-state index in [-0.39, 0.29) is 0 Å². The minimum absolute atomic E-state index is 0.502. The number of rotatable bonds is 12. The molecule has 5 nitrogen and oxygen atoms in total. The van der Waals surface area contributed by atoms with Gasteiger partial charge < -0.3 is 24.3 Å². The Morgan fingerprint density at radius 2 is 1.58 bits per heavy atom. The van der Waals surface area contributed by atoms with Crippen molar-refractivity contribution < 1.29 is 18.9 Å². The topological polar surface area (TPSA) is 49.0 Å². The predicted octanol–water partition coefficient (Wildman–Crippen LogP) is 6.08. The first kappa shape index (κ1) is 24.9. The zero-order chi connectivity index (χ0) is 23.6. The first-order chi connectivity index (χ1) is 16.0. The van der Waals surface area contributed by atoms with Crippen LogP contribution in [0.1, 0.15) is 29.2 Å². The number of nitrogens with one attached hydrogen (secondary N) is 1. The quantitative estimate of drug-likeness (QED) is 0.297. The van der Waals surface area contributed by atoms with Gasteiger partial charge in [-0.2, -0.15) is 0 Å². The maximum Gasteiger partial charge on any atom is 0.162 e. The molecule has 0 aromatic heterocycles. The summed E-state index contributed by atoms with van der Waals surface area (Å²) in [7, 11) is 3.30. The van der Waals surface area contributed by atoms with Crippen molar-refractivity contribution in [2.24, 2.45) is 0 Å². The second-order valence-electron chi connectivity index (χ2n) is 7.65. The number of hydrogen-bond donors (Lipinski definition) is 1. The first-order valence-electron chi connectivity index (χ1n) is 11.1. The van der Waals surface area contributed by atoms with Gasteiger partial charge in [-0.25, -0.2) is 0 Å². The molecule has 1 N–H and O–H groups in total. The molecule has 0 saturated carbocycles. The molecule has 0 spiro atoms. The largest absolute Gasteiger partial charge is 0.493 e. The zero-order valence-corrected chi connectivity index (χ0v) is 21.3. The molecule has 0 radical (unpaired) electrons. The number of benzene rings is 3. The second kappa shape index (κ2) is 12.5. The van der Waals surface area contributed by atoms with Gasteiger partial charge in [-0.1, -0.05) is 46.3 Å². The molecule has 0 heterocycles. The molecule has 6 heteroatoms. The Bertz CT molecular complexity index is 1050. The van der Waals surface area contributed by atoms with Crippen LogP contribution < -0.4 is 24.3 Å². The van der Waals surface area contributed by atoms with Crippen molar-refractivity contribution in [3.05, 3.63) is 81.3 Å². The summed E-state index contributed by atoms with van der Waals surface area (Å²) >= 11 is 3.70. The summed E-state index contributed by atoms with van der Waals surface area (Å²) < 4.78 is 23.7. The van der Waals surface area contributed by atoms with Crippen molar-refractivity contribution in [1.29, 1.82) is 0 Å². The van der Waals surface area contributed by atoms with E-state index in [4.69, 9.17) is 18.9 Å². The molecule has 0 fully saturated rings. The monoisotopic (exact) mass is 513 g/mol. The fourth-order valence-corrected chi connectivity index (χ4v) is 3.98. The summed E-state index contributed by atoms with van der Waals surface area (Å²) in [5, 5.41) is 3.51. The van der Waals surface area contributed by atoms with Crippen molar-refractivity contribution >= 4 is 15.9 Å². The summed E-state index contributed by atoms with van der Waals surface area (Å²) in [6, 6.07) is 18.3. The lowest BCUT2D eigenvalue weighted by molar-refractivity contribution is 0.268. The van der Waals surface area contributed by atoms with Crippen LogP contribution >= 0.6 is 15.9 Å². The van der Waals surface area contributed by atoms with Gasteiger partial charge in [0.05, 0.1) is 20.8 Å². The molecule has 0 atom stereocenters. The lowest BCUT2D eigenvalue weighted by Gasteiger charge is -2.16. The summed E-state index contributed by atoms with van der Waals surface area (Å²) in [6.45, 7) is 6.70. The molecule has 33 heavy (non-hydrogen) atoms. The SMILES string of the molecule is CCOc1cc(CNCCc2ccc(OC)c(OC)c2)c(Br)cc1OCc1ccccc1C. The van der Waals surface area contributed by atoms with E-state index in [1.807, 2.05) is 43.3 Å². The number of ether oxygens (including phenoxy) is 4. The van der Waals surface area contributed by atoms with Crippen LogP contribution in [0.25, 0.3) is 0 Å². The third-order valence-corrected chi connectivity index (χ3v) is 6.15. The second-order valence-corrected chi connectivity index (χ2v) is 8.51. The third-order valence-electron chi connectivity index (χ3n) is 5.41. The van der Waals surface area contributed by atoms with Gasteiger partial charge in [0.25, 0.3) is 0 Å². The molecule has 3 aromatic carbocycles.